The van der Waals surface area contributed by atoms with Crippen molar-refractivity contribution >= 4 is 15.9 Å². The van der Waals surface area contributed by atoms with Gasteiger partial charge in [-0.05, 0) is 25.0 Å². The van der Waals surface area contributed by atoms with Crippen LogP contribution in [0.1, 0.15) is 12.8 Å². The predicted octanol–water partition coefficient (Wildman–Crippen LogP) is 0.150. The van der Waals surface area contributed by atoms with E-state index in [1.165, 1.54) is 35.9 Å². The number of sulfonamides is 1. The largest absolute Gasteiger partial charge is 0.490 e. The summed E-state index contributed by atoms with van der Waals surface area (Å²) in [6, 6.07) is 5.76. The van der Waals surface area contributed by atoms with Crippen molar-refractivity contribution in [2.24, 2.45) is 0 Å². The van der Waals surface area contributed by atoms with Crippen molar-refractivity contribution in [1.82, 2.24) is 14.1 Å². The fourth-order valence-electron chi connectivity index (χ4n) is 4.33. The highest BCUT2D eigenvalue weighted by molar-refractivity contribution is 7.88. The maximum Gasteiger partial charge on any atom is 0.248 e. The molecule has 32 heavy (non-hydrogen) atoms. The quantitative estimate of drug-likeness (QED) is 0.602. The van der Waals surface area contributed by atoms with E-state index in [-0.39, 0.29) is 38.3 Å². The molecular weight excluding hydrogens is 441 g/mol. The molecule has 180 valence electrons. The number of amides is 1. The first-order chi connectivity index (χ1) is 15.1. The maximum atomic E-state index is 13.5. The van der Waals surface area contributed by atoms with Crippen LogP contribution >= 0.6 is 0 Å². The highest BCUT2D eigenvalue weighted by Crippen LogP contribution is 2.24. The summed E-state index contributed by atoms with van der Waals surface area (Å²) in [5.41, 5.74) is -1.39. The summed E-state index contributed by atoms with van der Waals surface area (Å²) in [7, 11) is -1.79. The number of hydrogen-bond donors (Lipinski definition) is 1. The molecule has 2 fully saturated rings. The van der Waals surface area contributed by atoms with Gasteiger partial charge in [-0.25, -0.2) is 17.1 Å². The molecule has 0 unspecified atom stereocenters. The Bertz CT molecular complexity index is 893. The van der Waals surface area contributed by atoms with Crippen molar-refractivity contribution in [3.63, 3.8) is 0 Å². The number of nitrogens with zero attached hydrogens (tertiary/aromatic N) is 3. The standard InChI is InChI=1S/C21H32FN3O6S/c1-30-13-20(26)24-11-10-23(18-6-8-25(9-7-18)32(2,28)29)14-21(27,15-24)16-31-19-5-3-4-17(22)12-19/h3-5,12,18,27H,6-11,13-16H2,1-2H3/t21-/m0/s1. The molecule has 3 rings (SSSR count). The average molecular weight is 474 g/mol. The van der Waals surface area contributed by atoms with Gasteiger partial charge in [-0.3, -0.25) is 9.69 Å². The summed E-state index contributed by atoms with van der Waals surface area (Å²) >= 11 is 0. The molecule has 11 heteroatoms. The van der Waals surface area contributed by atoms with Gasteiger partial charge in [0.2, 0.25) is 15.9 Å². The van der Waals surface area contributed by atoms with E-state index in [0.717, 1.165) is 0 Å². The summed E-state index contributed by atoms with van der Waals surface area (Å²) in [4.78, 5) is 16.2. The minimum absolute atomic E-state index is 0.0587. The number of methoxy groups -OCH3 is 1. The van der Waals surface area contributed by atoms with Crippen molar-refractivity contribution in [2.45, 2.75) is 24.5 Å². The molecule has 0 saturated carbocycles. The number of rotatable bonds is 7. The van der Waals surface area contributed by atoms with Gasteiger partial charge in [0.05, 0.1) is 12.8 Å². The minimum Gasteiger partial charge on any atom is -0.490 e. The van der Waals surface area contributed by atoms with Crippen molar-refractivity contribution < 1.29 is 32.2 Å². The summed E-state index contributed by atoms with van der Waals surface area (Å²) in [6.07, 6.45) is 2.49. The van der Waals surface area contributed by atoms with Crippen molar-refractivity contribution in [1.29, 1.82) is 0 Å². The summed E-state index contributed by atoms with van der Waals surface area (Å²) in [5, 5.41) is 11.5. The molecule has 0 spiro atoms. The van der Waals surface area contributed by atoms with Gasteiger partial charge >= 0.3 is 0 Å². The Balaban J connectivity index is 1.73. The topological polar surface area (TPSA) is 99.6 Å². The maximum absolute atomic E-state index is 13.5. The summed E-state index contributed by atoms with van der Waals surface area (Å²) in [6.45, 7) is 1.90. The molecule has 1 N–H and O–H groups in total. The Hall–Kier alpha value is -1.79. The number of carbonyl (C=O) groups excluding carboxylic acids is 1. The first kappa shape index (κ1) is 24.8. The lowest BCUT2D eigenvalue weighted by Gasteiger charge is -2.39. The molecule has 0 radical (unpaired) electrons. The van der Waals surface area contributed by atoms with Gasteiger partial charge in [0.25, 0.3) is 0 Å². The van der Waals surface area contributed by atoms with Gasteiger partial charge in [-0.1, -0.05) is 6.07 Å². The molecule has 0 aromatic heterocycles. The van der Waals surface area contributed by atoms with Gasteiger partial charge in [0, 0.05) is 51.9 Å². The molecular formula is C21H32FN3O6S. The predicted molar refractivity (Wildman–Crippen MR) is 116 cm³/mol. The van der Waals surface area contributed by atoms with E-state index in [4.69, 9.17) is 9.47 Å². The van der Waals surface area contributed by atoms with Gasteiger partial charge < -0.3 is 19.5 Å². The number of ether oxygens (including phenoxy) is 2. The Morgan fingerprint density at radius 2 is 1.94 bits per heavy atom. The van der Waals surface area contributed by atoms with E-state index in [0.29, 0.717) is 44.8 Å². The Morgan fingerprint density at radius 1 is 1.22 bits per heavy atom. The van der Waals surface area contributed by atoms with Gasteiger partial charge in [-0.2, -0.15) is 0 Å². The first-order valence-electron chi connectivity index (χ1n) is 10.7. The van der Waals surface area contributed by atoms with Crippen LogP contribution in [-0.4, -0.2) is 111 Å². The molecule has 0 bridgehead atoms. The van der Waals surface area contributed by atoms with Crippen molar-refractivity contribution in [3.8, 4) is 5.75 Å². The highest BCUT2D eigenvalue weighted by atomic mass is 32.2. The fourth-order valence-corrected chi connectivity index (χ4v) is 5.21. The number of β-amino-alcohol motifs (C(OH)–C–C–N with tert-alkyl or cyclic N) is 1. The smallest absolute Gasteiger partial charge is 0.248 e. The summed E-state index contributed by atoms with van der Waals surface area (Å²) in [5.74, 6) is -0.373. The van der Waals surface area contributed by atoms with Crippen LogP contribution in [0.3, 0.4) is 0 Å². The molecule has 0 aliphatic carbocycles. The normalized spacial score (nSPS) is 24.3. The molecule has 1 aromatic carbocycles. The van der Waals surface area contributed by atoms with E-state index in [2.05, 4.69) is 4.90 Å². The molecule has 1 aromatic rings. The average Bonchev–Trinajstić information content (AvgIpc) is 2.92. The highest BCUT2D eigenvalue weighted by Gasteiger charge is 2.40. The van der Waals surface area contributed by atoms with E-state index in [9.17, 15) is 22.7 Å². The zero-order chi connectivity index (χ0) is 23.4. The van der Waals surface area contributed by atoms with Crippen molar-refractivity contribution in [2.75, 3.05) is 65.8 Å². The Labute approximate surface area is 188 Å². The lowest BCUT2D eigenvalue weighted by atomic mass is 10.00. The third-order valence-corrected chi connectivity index (χ3v) is 7.28. The van der Waals surface area contributed by atoms with Crippen LogP contribution in [0.15, 0.2) is 24.3 Å². The number of hydrogen-bond acceptors (Lipinski definition) is 7. The molecule has 2 aliphatic rings. The second-order valence-corrected chi connectivity index (χ2v) is 10.6. The molecule has 1 amide bonds. The Morgan fingerprint density at radius 3 is 2.56 bits per heavy atom. The molecule has 2 saturated heterocycles. The van der Waals surface area contributed by atoms with Gasteiger partial charge in [-0.15, -0.1) is 0 Å². The minimum atomic E-state index is -3.23. The summed E-state index contributed by atoms with van der Waals surface area (Å²) < 4.78 is 49.3. The lowest BCUT2D eigenvalue weighted by molar-refractivity contribution is -0.138. The molecule has 2 heterocycles. The fraction of sp³-hybridized carbons (Fsp3) is 0.667. The number of halogens is 1. The van der Waals surface area contributed by atoms with E-state index < -0.39 is 21.4 Å². The van der Waals surface area contributed by atoms with Crippen LogP contribution in [0.4, 0.5) is 4.39 Å². The molecule has 9 nitrogen and oxygen atoms in total. The second kappa shape index (κ2) is 10.4. The van der Waals surface area contributed by atoms with Crippen LogP contribution in [-0.2, 0) is 19.6 Å². The third-order valence-electron chi connectivity index (χ3n) is 5.97. The third kappa shape index (κ3) is 6.61. The number of benzene rings is 1. The number of aliphatic hydroxyl groups is 1. The van der Waals surface area contributed by atoms with Gasteiger partial charge in [0.15, 0.2) is 0 Å². The zero-order valence-corrected chi connectivity index (χ0v) is 19.4. The molecule has 1 atom stereocenters. The van der Waals surface area contributed by atoms with Crippen LogP contribution < -0.4 is 4.74 Å². The zero-order valence-electron chi connectivity index (χ0n) is 18.6. The monoisotopic (exact) mass is 473 g/mol. The number of piperidine rings is 1. The van der Waals surface area contributed by atoms with Crippen LogP contribution in [0.5, 0.6) is 5.75 Å². The number of carbonyl (C=O) groups is 1. The van der Waals surface area contributed by atoms with E-state index in [1.807, 2.05) is 0 Å². The van der Waals surface area contributed by atoms with Crippen molar-refractivity contribution in [3.05, 3.63) is 30.1 Å². The second-order valence-electron chi connectivity index (χ2n) is 8.58. The lowest BCUT2D eigenvalue weighted by Crippen LogP contribution is -2.55. The SMILES string of the molecule is COCC(=O)N1CCN(C2CCN(S(C)(=O)=O)CC2)C[C@@](O)(COc2cccc(F)c2)C1. The van der Waals surface area contributed by atoms with Crippen LogP contribution in [0.2, 0.25) is 0 Å². The van der Waals surface area contributed by atoms with Crippen LogP contribution in [0, 0.1) is 5.82 Å². The van der Waals surface area contributed by atoms with Crippen LogP contribution in [0.25, 0.3) is 0 Å². The van der Waals surface area contributed by atoms with E-state index >= 15 is 0 Å². The van der Waals surface area contributed by atoms with E-state index in [1.54, 1.807) is 11.0 Å². The Kier molecular flexibility index (Phi) is 8.10. The first-order valence-corrected chi connectivity index (χ1v) is 12.5. The van der Waals surface area contributed by atoms with Gasteiger partial charge in [0.1, 0.15) is 30.4 Å². The molecule has 2 aliphatic heterocycles.